The average Bonchev–Trinajstić information content (AvgIpc) is 2.26. The van der Waals surface area contributed by atoms with Crippen LogP contribution in [0.4, 0.5) is 0 Å². The maximum atomic E-state index is 5.65. The van der Waals surface area contributed by atoms with Crippen LogP contribution in [0.25, 0.3) is 0 Å². The zero-order chi connectivity index (χ0) is 14.6. The van der Waals surface area contributed by atoms with Gasteiger partial charge in [0.1, 0.15) is 0 Å². The molecule has 2 N–H and O–H groups in total. The third-order valence-electron chi connectivity index (χ3n) is 3.57. The van der Waals surface area contributed by atoms with Crippen molar-refractivity contribution in [2.75, 3.05) is 0 Å². The van der Waals surface area contributed by atoms with Crippen LogP contribution in [0.15, 0.2) is 18.2 Å². The summed E-state index contributed by atoms with van der Waals surface area (Å²) in [6.45, 7) is 11.2. The molecule has 1 aromatic carbocycles. The summed E-state index contributed by atoms with van der Waals surface area (Å²) in [6, 6.07) is 6.92. The molecule has 0 saturated carbocycles. The molecule has 1 aromatic rings. The number of benzene rings is 1. The first-order valence-corrected chi connectivity index (χ1v) is 7.55. The molecule has 1 nitrogen and oxygen atoms in total. The standard InChI is InChI=1S/C17H27NS/c1-6-13-7-8-15(17(3,4)5)11-14(13)9-12(2)10-16(18)19/h7-8,11-12H,6,9-10H2,1-5H3,(H2,18,19). The predicted molar refractivity (Wildman–Crippen MR) is 88.8 cm³/mol. The van der Waals surface area contributed by atoms with E-state index in [9.17, 15) is 0 Å². The molecule has 0 saturated heterocycles. The Balaban J connectivity index is 2.99. The second kappa shape index (κ2) is 6.51. The Morgan fingerprint density at radius 2 is 1.89 bits per heavy atom. The highest BCUT2D eigenvalue weighted by atomic mass is 32.1. The van der Waals surface area contributed by atoms with Gasteiger partial charge in [0.15, 0.2) is 0 Å². The quantitative estimate of drug-likeness (QED) is 0.807. The van der Waals surface area contributed by atoms with E-state index in [1.807, 2.05) is 0 Å². The van der Waals surface area contributed by atoms with Crippen LogP contribution in [0.5, 0.6) is 0 Å². The fraction of sp³-hybridized carbons (Fsp3) is 0.588. The van der Waals surface area contributed by atoms with Crippen molar-refractivity contribution in [3.8, 4) is 0 Å². The van der Waals surface area contributed by atoms with E-state index in [1.54, 1.807) is 0 Å². The molecular formula is C17H27NS. The highest BCUT2D eigenvalue weighted by molar-refractivity contribution is 7.80. The zero-order valence-corrected chi connectivity index (χ0v) is 13.7. The minimum absolute atomic E-state index is 0.202. The number of thiocarbonyl (C=S) groups is 1. The van der Waals surface area contributed by atoms with E-state index in [0.29, 0.717) is 10.9 Å². The minimum atomic E-state index is 0.202. The normalized spacial score (nSPS) is 13.3. The van der Waals surface area contributed by atoms with Crippen LogP contribution in [0.3, 0.4) is 0 Å². The Hall–Kier alpha value is -0.890. The molecule has 1 unspecified atom stereocenters. The molecule has 0 amide bonds. The first-order chi connectivity index (χ1) is 8.74. The lowest BCUT2D eigenvalue weighted by molar-refractivity contribution is 0.579. The fourth-order valence-electron chi connectivity index (χ4n) is 2.42. The molecule has 0 fully saturated rings. The highest BCUT2D eigenvalue weighted by Crippen LogP contribution is 2.26. The smallest absolute Gasteiger partial charge is 0.0730 e. The summed E-state index contributed by atoms with van der Waals surface area (Å²) in [6.07, 6.45) is 2.97. The number of rotatable bonds is 5. The summed E-state index contributed by atoms with van der Waals surface area (Å²) in [5.74, 6) is 0.512. The van der Waals surface area contributed by atoms with E-state index in [1.165, 1.54) is 16.7 Å². The molecule has 0 aliphatic heterocycles. The van der Waals surface area contributed by atoms with E-state index >= 15 is 0 Å². The third kappa shape index (κ3) is 4.94. The van der Waals surface area contributed by atoms with Gasteiger partial charge in [-0.3, -0.25) is 0 Å². The van der Waals surface area contributed by atoms with Gasteiger partial charge >= 0.3 is 0 Å². The van der Waals surface area contributed by atoms with Gasteiger partial charge in [-0.15, -0.1) is 0 Å². The van der Waals surface area contributed by atoms with Gasteiger partial charge < -0.3 is 5.73 Å². The maximum absolute atomic E-state index is 5.65. The van der Waals surface area contributed by atoms with Crippen LogP contribution in [-0.2, 0) is 18.3 Å². The average molecular weight is 277 g/mol. The van der Waals surface area contributed by atoms with Crippen molar-refractivity contribution in [1.29, 1.82) is 0 Å². The number of hydrogen-bond donors (Lipinski definition) is 1. The first-order valence-electron chi connectivity index (χ1n) is 7.14. The van der Waals surface area contributed by atoms with Crippen LogP contribution in [0.2, 0.25) is 0 Å². The highest BCUT2D eigenvalue weighted by Gasteiger charge is 2.16. The molecule has 2 heteroatoms. The van der Waals surface area contributed by atoms with Gasteiger partial charge in [-0.2, -0.15) is 0 Å². The molecule has 0 aromatic heterocycles. The van der Waals surface area contributed by atoms with Crippen molar-refractivity contribution in [2.24, 2.45) is 11.7 Å². The number of hydrogen-bond acceptors (Lipinski definition) is 1. The lowest BCUT2D eigenvalue weighted by Gasteiger charge is -2.22. The summed E-state index contributed by atoms with van der Waals surface area (Å²) in [7, 11) is 0. The zero-order valence-electron chi connectivity index (χ0n) is 12.9. The Kier molecular flexibility index (Phi) is 5.54. The molecule has 0 spiro atoms. The van der Waals surface area contributed by atoms with Gasteiger partial charge in [0.2, 0.25) is 0 Å². The Morgan fingerprint density at radius 1 is 1.26 bits per heavy atom. The molecule has 0 radical (unpaired) electrons. The van der Waals surface area contributed by atoms with E-state index in [2.05, 4.69) is 52.8 Å². The summed E-state index contributed by atoms with van der Waals surface area (Å²) in [5, 5.41) is 0. The summed E-state index contributed by atoms with van der Waals surface area (Å²) < 4.78 is 0. The molecule has 1 rings (SSSR count). The molecule has 19 heavy (non-hydrogen) atoms. The number of aryl methyl sites for hydroxylation is 1. The van der Waals surface area contributed by atoms with Crippen LogP contribution in [-0.4, -0.2) is 4.99 Å². The molecule has 1 atom stereocenters. The van der Waals surface area contributed by atoms with Crippen molar-refractivity contribution in [1.82, 2.24) is 0 Å². The molecule has 0 bridgehead atoms. The maximum Gasteiger partial charge on any atom is 0.0730 e. The van der Waals surface area contributed by atoms with Gasteiger partial charge in [0.25, 0.3) is 0 Å². The van der Waals surface area contributed by atoms with Gasteiger partial charge in [-0.05, 0) is 40.9 Å². The van der Waals surface area contributed by atoms with E-state index in [-0.39, 0.29) is 5.41 Å². The Morgan fingerprint density at radius 3 is 2.37 bits per heavy atom. The molecule has 106 valence electrons. The van der Waals surface area contributed by atoms with Gasteiger partial charge in [0, 0.05) is 6.42 Å². The van der Waals surface area contributed by atoms with Crippen molar-refractivity contribution in [3.05, 3.63) is 34.9 Å². The third-order valence-corrected chi connectivity index (χ3v) is 3.74. The molecule has 0 heterocycles. The number of nitrogens with two attached hydrogens (primary N) is 1. The van der Waals surface area contributed by atoms with Crippen molar-refractivity contribution >= 4 is 17.2 Å². The second-order valence-electron chi connectivity index (χ2n) is 6.57. The van der Waals surface area contributed by atoms with Gasteiger partial charge in [0.05, 0.1) is 4.99 Å². The SMILES string of the molecule is CCc1ccc(C(C)(C)C)cc1CC(C)CC(N)=S. The Labute approximate surface area is 123 Å². The van der Waals surface area contributed by atoms with Gasteiger partial charge in [-0.1, -0.05) is 65.0 Å². The molecule has 0 aliphatic carbocycles. The molecular weight excluding hydrogens is 250 g/mol. The summed E-state index contributed by atoms with van der Waals surface area (Å²) in [4.78, 5) is 0.623. The first kappa shape index (κ1) is 16.2. The van der Waals surface area contributed by atoms with Crippen LogP contribution in [0, 0.1) is 5.92 Å². The largest absolute Gasteiger partial charge is 0.393 e. The lowest BCUT2D eigenvalue weighted by Crippen LogP contribution is -2.16. The van der Waals surface area contributed by atoms with Crippen molar-refractivity contribution in [3.63, 3.8) is 0 Å². The second-order valence-corrected chi connectivity index (χ2v) is 7.09. The predicted octanol–water partition coefficient (Wildman–Crippen LogP) is 4.40. The van der Waals surface area contributed by atoms with Crippen LogP contribution >= 0.6 is 12.2 Å². The van der Waals surface area contributed by atoms with Crippen molar-refractivity contribution < 1.29 is 0 Å². The topological polar surface area (TPSA) is 26.0 Å². The summed E-state index contributed by atoms with van der Waals surface area (Å²) >= 11 is 5.01. The monoisotopic (exact) mass is 277 g/mol. The minimum Gasteiger partial charge on any atom is -0.393 e. The van der Waals surface area contributed by atoms with E-state index in [4.69, 9.17) is 18.0 Å². The van der Waals surface area contributed by atoms with E-state index in [0.717, 1.165) is 19.3 Å². The Bertz CT molecular complexity index is 443. The lowest BCUT2D eigenvalue weighted by atomic mass is 9.83. The van der Waals surface area contributed by atoms with Crippen molar-refractivity contribution in [2.45, 2.75) is 59.3 Å². The van der Waals surface area contributed by atoms with Crippen LogP contribution < -0.4 is 5.73 Å². The fourth-order valence-corrected chi connectivity index (χ4v) is 2.70. The summed E-state index contributed by atoms with van der Waals surface area (Å²) in [5.41, 5.74) is 10.2. The van der Waals surface area contributed by atoms with E-state index < -0.39 is 0 Å². The van der Waals surface area contributed by atoms with Gasteiger partial charge in [-0.25, -0.2) is 0 Å². The molecule has 0 aliphatic rings. The van der Waals surface area contributed by atoms with Crippen LogP contribution in [0.1, 0.15) is 57.7 Å².